The van der Waals surface area contributed by atoms with E-state index >= 15 is 4.79 Å². The summed E-state index contributed by atoms with van der Waals surface area (Å²) < 4.78 is 8.03. The highest BCUT2D eigenvalue weighted by Gasteiger charge is 2.25. The van der Waals surface area contributed by atoms with Crippen LogP contribution in [0.2, 0.25) is 0 Å². The lowest BCUT2D eigenvalue weighted by molar-refractivity contribution is 1.17. The summed E-state index contributed by atoms with van der Waals surface area (Å²) in [6.07, 6.45) is 0. The van der Waals surface area contributed by atoms with Crippen LogP contribution in [0.15, 0.2) is 233 Å². The highest BCUT2D eigenvalue weighted by molar-refractivity contribution is 6.28. The predicted molar refractivity (Wildman–Crippen MR) is 314 cm³/mol. The number of rotatable bonds is 3. The van der Waals surface area contributed by atoms with Gasteiger partial charge in [-0.25, -0.2) is 0 Å². The van der Waals surface area contributed by atoms with Crippen LogP contribution in [0.1, 0.15) is 0 Å². The van der Waals surface area contributed by atoms with Crippen LogP contribution in [-0.4, -0.2) is 17.8 Å². The molecule has 0 radical (unpaired) electrons. The molecule has 0 N–H and O–H groups in total. The fraction of sp³-hybridized carbons (Fsp3) is 0. The molecule has 7 aromatic heterocycles. The molecule has 0 fully saturated rings. The van der Waals surface area contributed by atoms with Crippen molar-refractivity contribution in [2.75, 3.05) is 0 Å². The molecule has 0 unspecified atom stereocenters. The summed E-state index contributed by atoms with van der Waals surface area (Å²) >= 11 is 0. The van der Waals surface area contributed by atoms with Gasteiger partial charge in [0, 0.05) is 86.5 Å². The maximum atomic E-state index is 15.3. The Balaban J connectivity index is 0.876. The van der Waals surface area contributed by atoms with Gasteiger partial charge in [0.05, 0.1) is 44.1 Å². The van der Waals surface area contributed by atoms with Crippen LogP contribution in [-0.2, 0) is 0 Å². The van der Waals surface area contributed by atoms with Gasteiger partial charge in [0.15, 0.2) is 0 Å². The zero-order valence-corrected chi connectivity index (χ0v) is 40.3. The molecule has 7 heterocycles. The Morgan fingerprint density at radius 3 is 1.38 bits per heavy atom. The van der Waals surface area contributed by atoms with E-state index in [9.17, 15) is 9.59 Å². The summed E-state index contributed by atoms with van der Waals surface area (Å²) in [5.74, 6) is 0. The van der Waals surface area contributed by atoms with Gasteiger partial charge in [-0.15, -0.1) is 0 Å². The molecule has 0 amide bonds. The Hall–Kier alpha value is -10.4. The van der Waals surface area contributed by atoms with Gasteiger partial charge in [-0.2, -0.15) is 0 Å². The molecule has 0 aliphatic carbocycles. The molecule has 0 bridgehead atoms. The number of para-hydroxylation sites is 4. The fourth-order valence-corrected chi connectivity index (χ4v) is 13.8. The van der Waals surface area contributed by atoms with Gasteiger partial charge < -0.3 is 4.57 Å². The number of nitrogens with zero attached hydrogens (tertiary/aromatic N) is 4. The first kappa shape index (κ1) is 40.2. The third-order valence-corrected chi connectivity index (χ3v) is 16.9. The highest BCUT2D eigenvalue weighted by Crippen LogP contribution is 2.45. The molecule has 11 aromatic carbocycles. The average Bonchev–Trinajstić information content (AvgIpc) is 4.27. The van der Waals surface area contributed by atoms with Gasteiger partial charge in [0.2, 0.25) is 0 Å². The largest absolute Gasteiger partial charge is 0.309 e. The van der Waals surface area contributed by atoms with Crippen molar-refractivity contribution in [3.63, 3.8) is 0 Å². The first-order valence-electron chi connectivity index (χ1n) is 25.7. The second-order valence-corrected chi connectivity index (χ2v) is 20.6. The van der Waals surface area contributed by atoms with E-state index in [-0.39, 0.29) is 16.7 Å². The van der Waals surface area contributed by atoms with Crippen LogP contribution >= 0.6 is 0 Å². The molecule has 7 heteroatoms. The molecular formula is C69H36N4O3. The summed E-state index contributed by atoms with van der Waals surface area (Å²) in [5, 5.41) is 15.9. The summed E-state index contributed by atoms with van der Waals surface area (Å²) in [4.78, 5) is 44.5. The predicted octanol–water partition coefficient (Wildman–Crippen LogP) is 15.6. The van der Waals surface area contributed by atoms with Gasteiger partial charge in [-0.05, 0) is 112 Å². The lowest BCUT2D eigenvalue weighted by atomic mass is 9.92. The molecule has 0 spiro atoms. The topological polar surface area (TPSA) is 69.4 Å². The molecule has 18 rings (SSSR count). The second-order valence-electron chi connectivity index (χ2n) is 20.6. The average molecular weight is 969 g/mol. The van der Waals surface area contributed by atoms with Crippen molar-refractivity contribution in [1.29, 1.82) is 0 Å². The molecule has 0 saturated carbocycles. The first-order valence-corrected chi connectivity index (χ1v) is 25.7. The third-order valence-electron chi connectivity index (χ3n) is 16.9. The highest BCUT2D eigenvalue weighted by atomic mass is 16.1. The van der Waals surface area contributed by atoms with Crippen LogP contribution in [0.3, 0.4) is 0 Å². The quantitative estimate of drug-likeness (QED) is 0.166. The summed E-state index contributed by atoms with van der Waals surface area (Å²) in [6.45, 7) is 0. The van der Waals surface area contributed by atoms with E-state index < -0.39 is 0 Å². The number of benzene rings is 11. The molecule has 0 saturated heterocycles. The van der Waals surface area contributed by atoms with E-state index in [2.05, 4.69) is 162 Å². The molecule has 0 aliphatic rings. The normalized spacial score (nSPS) is 12.6. The molecule has 18 aromatic rings. The van der Waals surface area contributed by atoms with E-state index in [0.29, 0.717) is 16.2 Å². The SMILES string of the molecule is O=c1c2ccccc2c2cccc3c4cc5c(cc4n1c23)c1cccc2c3c(-c4cccc(-c6cc7c8ccccc8c(=O)n8c9cc%10c(cc9c(c6)c78)c6ccccc6n%10-c6ccccc6)c4)cccc3c(=O)n5c12. The lowest BCUT2D eigenvalue weighted by Crippen LogP contribution is -2.13. The van der Waals surface area contributed by atoms with Crippen LogP contribution < -0.4 is 16.7 Å². The smallest absolute Gasteiger partial charge is 0.263 e. The van der Waals surface area contributed by atoms with Crippen LogP contribution in [0.25, 0.3) is 164 Å². The lowest BCUT2D eigenvalue weighted by Gasteiger charge is -2.13. The number of pyridine rings is 3. The fourth-order valence-electron chi connectivity index (χ4n) is 13.8. The van der Waals surface area contributed by atoms with Crippen molar-refractivity contribution in [2.24, 2.45) is 0 Å². The first-order chi connectivity index (χ1) is 37.5. The van der Waals surface area contributed by atoms with Crippen molar-refractivity contribution >= 4 is 136 Å². The standard InChI is InChI=1S/C69H36N4O3/c74-67-48-21-6-4-18-42(48)45-24-12-25-46-54-34-60-55(35-59(54)71(67)64(45)46)47-26-13-27-50-63-41(23-11-28-51(63)69(76)72(60)65(47)50)38-15-10-14-37(30-38)39-31-56-43-19-5-7-22-49(43)68(75)73-62-36-61-52(33-53(62)57(32-39)66(56)73)44-20-8-9-29-58(44)70(61)40-16-2-1-3-17-40/h1-36H. The molecule has 0 aliphatic heterocycles. The molecule has 76 heavy (non-hydrogen) atoms. The van der Waals surface area contributed by atoms with Crippen molar-refractivity contribution in [2.45, 2.75) is 0 Å². The zero-order valence-electron chi connectivity index (χ0n) is 40.3. The second kappa shape index (κ2) is 14.0. The van der Waals surface area contributed by atoms with E-state index in [1.54, 1.807) is 0 Å². The summed E-state index contributed by atoms with van der Waals surface area (Å²) in [5.41, 5.74) is 12.2. The van der Waals surface area contributed by atoms with E-state index in [4.69, 9.17) is 0 Å². The number of fused-ring (bicyclic) bond motifs is 18. The monoisotopic (exact) mass is 968 g/mol. The van der Waals surface area contributed by atoms with Crippen molar-refractivity contribution < 1.29 is 0 Å². The number of aromatic nitrogens is 4. The zero-order chi connectivity index (χ0) is 49.8. The maximum absolute atomic E-state index is 15.3. The number of hydrogen-bond donors (Lipinski definition) is 0. The van der Waals surface area contributed by atoms with Crippen molar-refractivity contribution in [1.82, 2.24) is 17.8 Å². The Bertz CT molecular complexity index is 5850. The minimum atomic E-state index is -0.0848. The summed E-state index contributed by atoms with van der Waals surface area (Å²) in [7, 11) is 0. The minimum absolute atomic E-state index is 0.0340. The van der Waals surface area contributed by atoms with Crippen molar-refractivity contribution in [3.05, 3.63) is 249 Å². The molecule has 0 atom stereocenters. The Labute approximate surface area is 428 Å². The Morgan fingerprint density at radius 1 is 0.237 bits per heavy atom. The van der Waals surface area contributed by atoms with Crippen LogP contribution in [0.4, 0.5) is 0 Å². The van der Waals surface area contributed by atoms with Crippen LogP contribution in [0, 0.1) is 0 Å². The number of hydrogen-bond acceptors (Lipinski definition) is 3. The summed E-state index contributed by atoms with van der Waals surface area (Å²) in [6, 6.07) is 75.3. The van der Waals surface area contributed by atoms with E-state index in [1.165, 1.54) is 0 Å². The van der Waals surface area contributed by atoms with Gasteiger partial charge >= 0.3 is 0 Å². The molecule has 350 valence electrons. The third kappa shape index (κ3) is 4.86. The Morgan fingerprint density at radius 2 is 0.684 bits per heavy atom. The van der Waals surface area contributed by atoms with Crippen molar-refractivity contribution in [3.8, 4) is 27.9 Å². The molecular weight excluding hydrogens is 933 g/mol. The Kier molecular flexibility index (Phi) is 7.41. The van der Waals surface area contributed by atoms with Crippen LogP contribution in [0.5, 0.6) is 0 Å². The van der Waals surface area contributed by atoms with Gasteiger partial charge in [0.25, 0.3) is 16.7 Å². The van der Waals surface area contributed by atoms with Gasteiger partial charge in [-0.1, -0.05) is 140 Å². The minimum Gasteiger partial charge on any atom is -0.309 e. The maximum Gasteiger partial charge on any atom is 0.263 e. The van der Waals surface area contributed by atoms with E-state index in [0.717, 1.165) is 147 Å². The molecule has 7 nitrogen and oxygen atoms in total. The van der Waals surface area contributed by atoms with E-state index in [1.807, 2.05) is 73.9 Å². The van der Waals surface area contributed by atoms with Gasteiger partial charge in [0.1, 0.15) is 0 Å². The van der Waals surface area contributed by atoms with Gasteiger partial charge in [-0.3, -0.25) is 27.6 Å².